The van der Waals surface area contributed by atoms with Crippen molar-refractivity contribution in [2.45, 2.75) is 30.6 Å². The zero-order valence-corrected chi connectivity index (χ0v) is 19.9. The molecule has 0 radical (unpaired) electrons. The molecule has 172 valence electrons. The van der Waals surface area contributed by atoms with Crippen LogP contribution in [-0.2, 0) is 32.3 Å². The molecule has 1 aromatic heterocycles. The van der Waals surface area contributed by atoms with Gasteiger partial charge in [-0.05, 0) is 49.4 Å². The van der Waals surface area contributed by atoms with Crippen LogP contribution in [0.15, 0.2) is 23.1 Å². The Hall–Kier alpha value is -1.98. The summed E-state index contributed by atoms with van der Waals surface area (Å²) in [4.78, 5) is 26.4. The number of halogens is 1. The predicted octanol–water partition coefficient (Wildman–Crippen LogP) is 3.34. The summed E-state index contributed by atoms with van der Waals surface area (Å²) in [6.45, 7) is 1.05. The van der Waals surface area contributed by atoms with E-state index in [-0.39, 0.29) is 28.6 Å². The van der Waals surface area contributed by atoms with Gasteiger partial charge in [-0.25, -0.2) is 13.2 Å². The molecule has 4 rings (SSSR count). The normalized spacial score (nSPS) is 16.9. The summed E-state index contributed by atoms with van der Waals surface area (Å²) in [6.07, 6.45) is 3.61. The van der Waals surface area contributed by atoms with Gasteiger partial charge in [0, 0.05) is 23.5 Å². The SMILES string of the molecule is COC(=O)c1c(NC(=O)c2ccc(Cl)c(S(=O)(=O)N3CCOCC3)c2)sc2c1CCCC2. The smallest absolute Gasteiger partial charge is 0.341 e. The second-order valence-corrected chi connectivity index (χ2v) is 10.9. The van der Waals surface area contributed by atoms with Gasteiger partial charge in [0.15, 0.2) is 0 Å². The highest BCUT2D eigenvalue weighted by atomic mass is 35.5. The summed E-state index contributed by atoms with van der Waals surface area (Å²) in [5.74, 6) is -1.02. The molecule has 0 spiro atoms. The summed E-state index contributed by atoms with van der Waals surface area (Å²) >= 11 is 7.56. The molecule has 0 unspecified atom stereocenters. The number of aryl methyl sites for hydroxylation is 1. The lowest BCUT2D eigenvalue weighted by Gasteiger charge is -2.26. The summed E-state index contributed by atoms with van der Waals surface area (Å²) in [5, 5.41) is 3.24. The number of nitrogens with zero attached hydrogens (tertiary/aromatic N) is 1. The maximum Gasteiger partial charge on any atom is 0.341 e. The summed E-state index contributed by atoms with van der Waals surface area (Å²) in [5.41, 5.74) is 1.44. The molecular formula is C21H23ClN2O6S2. The summed E-state index contributed by atoms with van der Waals surface area (Å²) < 4.78 is 37.6. The van der Waals surface area contributed by atoms with Crippen molar-refractivity contribution in [2.75, 3.05) is 38.7 Å². The molecule has 1 amide bonds. The van der Waals surface area contributed by atoms with E-state index in [1.165, 1.54) is 41.0 Å². The van der Waals surface area contributed by atoms with Crippen molar-refractivity contribution in [3.63, 3.8) is 0 Å². The van der Waals surface area contributed by atoms with Crippen LogP contribution in [0, 0.1) is 0 Å². The van der Waals surface area contributed by atoms with Crippen LogP contribution in [0.3, 0.4) is 0 Å². The van der Waals surface area contributed by atoms with Crippen molar-refractivity contribution in [3.8, 4) is 0 Å². The highest BCUT2D eigenvalue weighted by Crippen LogP contribution is 2.39. The average Bonchev–Trinajstić information content (AvgIpc) is 3.17. The van der Waals surface area contributed by atoms with E-state index in [4.69, 9.17) is 21.1 Å². The minimum Gasteiger partial charge on any atom is -0.465 e. The Labute approximate surface area is 195 Å². The number of benzene rings is 1. The second-order valence-electron chi connectivity index (χ2n) is 7.52. The number of carbonyl (C=O) groups is 2. The van der Waals surface area contributed by atoms with Crippen LogP contribution in [0.5, 0.6) is 0 Å². The van der Waals surface area contributed by atoms with E-state index in [0.717, 1.165) is 36.1 Å². The number of methoxy groups -OCH3 is 1. The Bertz CT molecular complexity index is 1160. The van der Waals surface area contributed by atoms with Crippen LogP contribution in [0.2, 0.25) is 5.02 Å². The van der Waals surface area contributed by atoms with Gasteiger partial charge in [-0.3, -0.25) is 4.79 Å². The predicted molar refractivity (Wildman–Crippen MR) is 121 cm³/mol. The minimum absolute atomic E-state index is 0.0369. The van der Waals surface area contributed by atoms with Gasteiger partial charge in [0.2, 0.25) is 10.0 Å². The number of thiophene rings is 1. The molecule has 0 atom stereocenters. The first-order valence-corrected chi connectivity index (χ1v) is 12.9. The third-order valence-electron chi connectivity index (χ3n) is 5.57. The zero-order valence-electron chi connectivity index (χ0n) is 17.5. The lowest BCUT2D eigenvalue weighted by atomic mass is 9.95. The van der Waals surface area contributed by atoms with E-state index in [1.54, 1.807) is 0 Å². The van der Waals surface area contributed by atoms with E-state index in [2.05, 4.69) is 5.32 Å². The monoisotopic (exact) mass is 498 g/mol. The second kappa shape index (κ2) is 9.48. The first-order chi connectivity index (χ1) is 15.3. The average molecular weight is 499 g/mol. The largest absolute Gasteiger partial charge is 0.465 e. The number of fused-ring (bicyclic) bond motifs is 1. The fourth-order valence-electron chi connectivity index (χ4n) is 3.92. The van der Waals surface area contributed by atoms with E-state index in [9.17, 15) is 18.0 Å². The van der Waals surface area contributed by atoms with Crippen LogP contribution < -0.4 is 5.32 Å². The van der Waals surface area contributed by atoms with Gasteiger partial charge in [-0.15, -0.1) is 11.3 Å². The Morgan fingerprint density at radius 1 is 1.19 bits per heavy atom. The quantitative estimate of drug-likeness (QED) is 0.634. The number of hydrogen-bond donors (Lipinski definition) is 1. The van der Waals surface area contributed by atoms with Crippen LogP contribution in [0.4, 0.5) is 5.00 Å². The number of hydrogen-bond acceptors (Lipinski definition) is 7. The van der Waals surface area contributed by atoms with E-state index in [1.807, 2.05) is 0 Å². The summed E-state index contributed by atoms with van der Waals surface area (Å²) in [7, 11) is -2.57. The highest BCUT2D eigenvalue weighted by molar-refractivity contribution is 7.89. The van der Waals surface area contributed by atoms with Gasteiger partial charge in [-0.1, -0.05) is 11.6 Å². The number of rotatable bonds is 5. The molecule has 0 bridgehead atoms. The molecule has 2 aliphatic rings. The van der Waals surface area contributed by atoms with Gasteiger partial charge in [0.05, 0.1) is 30.9 Å². The molecule has 1 fully saturated rings. The molecule has 1 aliphatic carbocycles. The Kier molecular flexibility index (Phi) is 6.87. The number of amides is 1. The van der Waals surface area contributed by atoms with Crippen molar-refractivity contribution < 1.29 is 27.5 Å². The fraction of sp³-hybridized carbons (Fsp3) is 0.429. The minimum atomic E-state index is -3.88. The standard InChI is InChI=1S/C21H23ClN2O6S2/c1-29-21(26)18-14-4-2-3-5-16(14)31-20(18)23-19(25)13-6-7-15(22)17(12-13)32(27,28)24-8-10-30-11-9-24/h6-7,12H,2-5,8-11H2,1H3,(H,23,25). The first kappa shape index (κ1) is 23.2. The van der Waals surface area contributed by atoms with Crippen LogP contribution in [0.1, 0.15) is 44.0 Å². The third kappa shape index (κ3) is 4.42. The van der Waals surface area contributed by atoms with E-state index in [0.29, 0.717) is 23.8 Å². The highest BCUT2D eigenvalue weighted by Gasteiger charge is 2.30. The molecule has 11 heteroatoms. The van der Waals surface area contributed by atoms with Gasteiger partial charge < -0.3 is 14.8 Å². The molecular weight excluding hydrogens is 476 g/mol. The Morgan fingerprint density at radius 2 is 1.91 bits per heavy atom. The van der Waals surface area contributed by atoms with Gasteiger partial charge >= 0.3 is 5.97 Å². The maximum atomic E-state index is 13.1. The maximum absolute atomic E-state index is 13.1. The van der Waals surface area contributed by atoms with Gasteiger partial charge in [0.1, 0.15) is 9.90 Å². The molecule has 1 N–H and O–H groups in total. The molecule has 2 aromatic rings. The molecule has 1 aliphatic heterocycles. The molecule has 2 heterocycles. The van der Waals surface area contributed by atoms with Crippen molar-refractivity contribution in [1.29, 1.82) is 0 Å². The lowest BCUT2D eigenvalue weighted by molar-refractivity contribution is 0.0601. The fourth-order valence-corrected chi connectivity index (χ4v) is 7.10. The molecule has 32 heavy (non-hydrogen) atoms. The number of anilines is 1. The van der Waals surface area contributed by atoms with Crippen molar-refractivity contribution in [2.24, 2.45) is 0 Å². The first-order valence-electron chi connectivity index (χ1n) is 10.2. The topological polar surface area (TPSA) is 102 Å². The van der Waals surface area contributed by atoms with Crippen LogP contribution >= 0.6 is 22.9 Å². The molecule has 0 saturated carbocycles. The number of esters is 1. The number of morpholine rings is 1. The number of ether oxygens (including phenoxy) is 2. The molecule has 1 saturated heterocycles. The molecule has 8 nitrogen and oxygen atoms in total. The number of sulfonamides is 1. The van der Waals surface area contributed by atoms with Crippen molar-refractivity contribution in [3.05, 3.63) is 44.8 Å². The summed E-state index contributed by atoms with van der Waals surface area (Å²) in [6, 6.07) is 4.12. The Balaban J connectivity index is 1.65. The van der Waals surface area contributed by atoms with Crippen LogP contribution in [-0.4, -0.2) is 58.0 Å². The zero-order chi connectivity index (χ0) is 22.9. The van der Waals surface area contributed by atoms with Crippen molar-refractivity contribution in [1.82, 2.24) is 4.31 Å². The van der Waals surface area contributed by atoms with E-state index < -0.39 is 21.9 Å². The lowest BCUT2D eigenvalue weighted by Crippen LogP contribution is -2.40. The third-order valence-corrected chi connectivity index (χ3v) is 9.16. The van der Waals surface area contributed by atoms with Gasteiger partial charge in [-0.2, -0.15) is 4.31 Å². The van der Waals surface area contributed by atoms with Crippen LogP contribution in [0.25, 0.3) is 0 Å². The van der Waals surface area contributed by atoms with Gasteiger partial charge in [0.25, 0.3) is 5.91 Å². The Morgan fingerprint density at radius 3 is 2.62 bits per heavy atom. The number of carbonyl (C=O) groups excluding carboxylic acids is 2. The number of nitrogens with one attached hydrogen (secondary N) is 1. The van der Waals surface area contributed by atoms with Crippen molar-refractivity contribution >= 4 is 49.8 Å². The van der Waals surface area contributed by atoms with E-state index >= 15 is 0 Å². The molecule has 1 aromatic carbocycles.